The topological polar surface area (TPSA) is 186 Å². The largest absolute Gasteiger partial charge is 0.462 e. The van der Waals surface area contributed by atoms with Gasteiger partial charge in [-0.1, -0.05) is 123 Å². The maximum Gasteiger partial charge on any atom is 0.306 e. The van der Waals surface area contributed by atoms with Crippen LogP contribution in [0.25, 0.3) is 0 Å². The number of hydrogen-bond acceptors (Lipinski definition) is 11. The Morgan fingerprint density at radius 3 is 1.47 bits per heavy atom. The quantitative estimate of drug-likeness (QED) is 0.0214. The highest BCUT2D eigenvalue weighted by atomic mass is 32.2. The van der Waals surface area contributed by atoms with Crippen molar-refractivity contribution in [3.05, 3.63) is 109 Å². The summed E-state index contributed by atoms with van der Waals surface area (Å²) >= 11 is 0. The van der Waals surface area contributed by atoms with E-state index in [1.807, 2.05) is 12.2 Å². The molecular formula is C47H72O12S. The SMILES string of the molecule is CC/C=C\C/C=C\C/C=C\C/C=C\C/C=C\CCCC(=O)OC(COC(=O)CCCC/C=C\C/C=C\C/C=C\C/C=C\CC)COC1OC(CS(=O)(=O)O)C(O)C(O)C1O. The minimum atomic E-state index is -4.62. The second-order valence-corrected chi connectivity index (χ2v) is 15.7. The third-order valence-corrected chi connectivity index (χ3v) is 9.60. The van der Waals surface area contributed by atoms with Crippen molar-refractivity contribution in [1.82, 2.24) is 0 Å². The molecule has 0 bridgehead atoms. The second-order valence-electron chi connectivity index (χ2n) is 14.2. The van der Waals surface area contributed by atoms with E-state index in [-0.39, 0.29) is 19.4 Å². The van der Waals surface area contributed by atoms with Crippen LogP contribution in [0.5, 0.6) is 0 Å². The number of unbranched alkanes of at least 4 members (excludes halogenated alkanes) is 3. The Labute approximate surface area is 359 Å². The van der Waals surface area contributed by atoms with Crippen molar-refractivity contribution < 1.29 is 56.8 Å². The van der Waals surface area contributed by atoms with Gasteiger partial charge in [0.15, 0.2) is 12.4 Å². The Kier molecular flexibility index (Phi) is 32.6. The lowest BCUT2D eigenvalue weighted by Gasteiger charge is -2.40. The highest BCUT2D eigenvalue weighted by molar-refractivity contribution is 7.85. The van der Waals surface area contributed by atoms with Crippen LogP contribution in [0.4, 0.5) is 0 Å². The van der Waals surface area contributed by atoms with Gasteiger partial charge in [-0.15, -0.1) is 0 Å². The molecule has 1 fully saturated rings. The van der Waals surface area contributed by atoms with E-state index < -0.39 is 71.2 Å². The highest BCUT2D eigenvalue weighted by Crippen LogP contribution is 2.23. The van der Waals surface area contributed by atoms with Crippen LogP contribution in [0.1, 0.15) is 117 Å². The Morgan fingerprint density at radius 2 is 1.00 bits per heavy atom. The monoisotopic (exact) mass is 860 g/mol. The molecule has 0 amide bonds. The van der Waals surface area contributed by atoms with Crippen LogP contribution in [0, 0.1) is 0 Å². The molecule has 0 saturated carbocycles. The van der Waals surface area contributed by atoms with Gasteiger partial charge < -0.3 is 34.3 Å². The number of allylic oxidation sites excluding steroid dienone is 18. The van der Waals surface area contributed by atoms with Crippen LogP contribution >= 0.6 is 0 Å². The van der Waals surface area contributed by atoms with Gasteiger partial charge in [0.25, 0.3) is 10.1 Å². The number of hydrogen-bond donors (Lipinski definition) is 4. The van der Waals surface area contributed by atoms with E-state index in [2.05, 4.69) is 111 Å². The van der Waals surface area contributed by atoms with E-state index in [4.69, 9.17) is 18.9 Å². The Balaban J connectivity index is 2.56. The lowest BCUT2D eigenvalue weighted by Crippen LogP contribution is -2.60. The van der Waals surface area contributed by atoms with E-state index in [0.717, 1.165) is 70.6 Å². The van der Waals surface area contributed by atoms with Gasteiger partial charge in [0, 0.05) is 12.8 Å². The first kappa shape index (κ1) is 54.3. The summed E-state index contributed by atoms with van der Waals surface area (Å²) in [6, 6.07) is 0. The minimum Gasteiger partial charge on any atom is -0.462 e. The van der Waals surface area contributed by atoms with Crippen molar-refractivity contribution in [3.8, 4) is 0 Å². The van der Waals surface area contributed by atoms with E-state index >= 15 is 0 Å². The van der Waals surface area contributed by atoms with Crippen LogP contribution in [0.2, 0.25) is 0 Å². The van der Waals surface area contributed by atoms with Gasteiger partial charge in [-0.2, -0.15) is 8.42 Å². The number of carbonyl (C=O) groups excluding carboxylic acids is 2. The van der Waals surface area contributed by atoms with Crippen LogP contribution in [0.3, 0.4) is 0 Å². The van der Waals surface area contributed by atoms with E-state index in [9.17, 15) is 37.9 Å². The molecule has 0 spiro atoms. The summed E-state index contributed by atoms with van der Waals surface area (Å²) in [4.78, 5) is 25.3. The lowest BCUT2D eigenvalue weighted by atomic mass is 10.00. The van der Waals surface area contributed by atoms with Crippen molar-refractivity contribution in [2.45, 2.75) is 153 Å². The van der Waals surface area contributed by atoms with Crippen LogP contribution in [-0.4, -0.2) is 96.0 Å². The molecule has 0 radical (unpaired) electrons. The van der Waals surface area contributed by atoms with Gasteiger partial charge in [-0.3, -0.25) is 14.1 Å². The van der Waals surface area contributed by atoms with E-state index in [1.165, 1.54) is 0 Å². The van der Waals surface area contributed by atoms with Crippen molar-refractivity contribution in [1.29, 1.82) is 0 Å². The zero-order chi connectivity index (χ0) is 44.1. The van der Waals surface area contributed by atoms with Gasteiger partial charge in [0.1, 0.15) is 36.8 Å². The molecular weight excluding hydrogens is 789 g/mol. The molecule has 0 aromatic rings. The first-order valence-electron chi connectivity index (χ1n) is 21.4. The van der Waals surface area contributed by atoms with Crippen LogP contribution in [-0.2, 0) is 38.7 Å². The highest BCUT2D eigenvalue weighted by Gasteiger charge is 2.46. The third kappa shape index (κ3) is 30.4. The number of aliphatic hydroxyl groups excluding tert-OH is 3. The van der Waals surface area contributed by atoms with Crippen molar-refractivity contribution >= 4 is 22.1 Å². The maximum atomic E-state index is 12.8. The normalized spacial score (nSPS) is 21.2. The molecule has 0 aliphatic carbocycles. The maximum absolute atomic E-state index is 12.8. The zero-order valence-corrected chi connectivity index (χ0v) is 36.6. The van der Waals surface area contributed by atoms with Crippen molar-refractivity contribution in [3.63, 3.8) is 0 Å². The molecule has 1 aliphatic rings. The molecule has 1 heterocycles. The number of carbonyl (C=O) groups is 2. The summed E-state index contributed by atoms with van der Waals surface area (Å²) in [6.45, 7) is 3.42. The fraction of sp³-hybridized carbons (Fsp3) is 0.574. The number of rotatable bonds is 33. The molecule has 6 atom stereocenters. The molecule has 338 valence electrons. The van der Waals surface area contributed by atoms with E-state index in [0.29, 0.717) is 19.3 Å². The Bertz CT molecular complexity index is 1520. The van der Waals surface area contributed by atoms with Gasteiger partial charge in [-0.05, 0) is 89.9 Å². The van der Waals surface area contributed by atoms with Gasteiger partial charge in [-0.25, -0.2) is 0 Å². The molecule has 6 unspecified atom stereocenters. The lowest BCUT2D eigenvalue weighted by molar-refractivity contribution is -0.297. The number of ether oxygens (including phenoxy) is 4. The van der Waals surface area contributed by atoms with Gasteiger partial charge >= 0.3 is 11.9 Å². The summed E-state index contributed by atoms with van der Waals surface area (Å²) in [5, 5.41) is 30.8. The van der Waals surface area contributed by atoms with Crippen LogP contribution < -0.4 is 0 Å². The first-order chi connectivity index (χ1) is 29.0. The van der Waals surface area contributed by atoms with Crippen molar-refractivity contribution in [2.24, 2.45) is 0 Å². The third-order valence-electron chi connectivity index (χ3n) is 8.85. The molecule has 1 aliphatic heterocycles. The minimum absolute atomic E-state index is 0.0694. The van der Waals surface area contributed by atoms with Gasteiger partial charge in [0.2, 0.25) is 0 Å². The summed E-state index contributed by atoms with van der Waals surface area (Å²) in [5.41, 5.74) is 0. The molecule has 1 rings (SSSR count). The zero-order valence-electron chi connectivity index (χ0n) is 35.8. The average Bonchev–Trinajstić information content (AvgIpc) is 3.21. The summed E-state index contributed by atoms with van der Waals surface area (Å²) in [6.07, 6.45) is 40.0. The summed E-state index contributed by atoms with van der Waals surface area (Å²) in [7, 11) is -4.62. The standard InChI is InChI=1S/C47H72O12S/c1-3-5-7-9-11-13-15-17-19-20-22-24-26-28-30-32-34-36-43(49)58-40(38-57-47-46(52)45(51)44(50)41(59-47)39-60(53,54)55)37-56-42(48)35-33-31-29-27-25-23-21-18-16-14-12-10-8-6-4-2/h5-8,11-14,17-19,21-22,24-25,27-28,30,40-41,44-47,50-52H,3-4,9-10,15-16,20,23,26,29,31-39H2,1-2H3,(H,53,54,55)/b7-5-,8-6-,13-11-,14-12-,19-17-,21-18-,24-22-,27-25-,30-28-. The smallest absolute Gasteiger partial charge is 0.306 e. The van der Waals surface area contributed by atoms with Gasteiger partial charge in [0.05, 0.1) is 6.61 Å². The van der Waals surface area contributed by atoms with Crippen molar-refractivity contribution in [2.75, 3.05) is 19.0 Å². The predicted octanol–water partition coefficient (Wildman–Crippen LogP) is 8.44. The van der Waals surface area contributed by atoms with Crippen LogP contribution in [0.15, 0.2) is 109 Å². The fourth-order valence-corrected chi connectivity index (χ4v) is 6.27. The molecule has 12 nitrogen and oxygen atoms in total. The Morgan fingerprint density at radius 1 is 0.567 bits per heavy atom. The van der Waals surface area contributed by atoms with E-state index in [1.54, 1.807) is 0 Å². The molecule has 60 heavy (non-hydrogen) atoms. The summed E-state index contributed by atoms with van der Waals surface area (Å²) in [5.74, 6) is -2.14. The predicted molar refractivity (Wildman–Crippen MR) is 237 cm³/mol. The molecule has 0 aromatic carbocycles. The molecule has 1 saturated heterocycles. The second kappa shape index (κ2) is 36.0. The average molecular weight is 861 g/mol. The molecule has 4 N–H and O–H groups in total. The first-order valence-corrected chi connectivity index (χ1v) is 23.1. The summed E-state index contributed by atoms with van der Waals surface area (Å²) < 4.78 is 53.9. The fourth-order valence-electron chi connectivity index (χ4n) is 5.58. The molecule has 0 aromatic heterocycles. The number of esters is 2. The Hall–Kier alpha value is -3.69. The molecule has 13 heteroatoms. The number of aliphatic hydroxyl groups is 3.